The molecule has 5 heteroatoms. The predicted molar refractivity (Wildman–Crippen MR) is 73.6 cm³/mol. The number of rotatable bonds is 4. The maximum absolute atomic E-state index is 12.2. The van der Waals surface area contributed by atoms with Gasteiger partial charge in [0, 0.05) is 33.0 Å². The van der Waals surface area contributed by atoms with E-state index in [9.17, 15) is 9.59 Å². The minimum Gasteiger partial charge on any atom is -0.356 e. The highest BCUT2D eigenvalue weighted by molar-refractivity contribution is 5.76. The van der Waals surface area contributed by atoms with Gasteiger partial charge in [0.05, 0.1) is 0 Å². The Hall–Kier alpha value is -1.10. The van der Waals surface area contributed by atoms with Gasteiger partial charge in [0.2, 0.25) is 11.8 Å². The molecule has 19 heavy (non-hydrogen) atoms. The summed E-state index contributed by atoms with van der Waals surface area (Å²) in [6, 6.07) is 0. The van der Waals surface area contributed by atoms with Crippen LogP contribution in [0.4, 0.5) is 0 Å². The van der Waals surface area contributed by atoms with Crippen molar-refractivity contribution in [3.63, 3.8) is 0 Å². The molecule has 0 aromatic heterocycles. The third-order valence-corrected chi connectivity index (χ3v) is 4.23. The second-order valence-electron chi connectivity index (χ2n) is 5.82. The van der Waals surface area contributed by atoms with Crippen LogP contribution in [-0.2, 0) is 9.59 Å². The monoisotopic (exact) mass is 267 g/mol. The number of nitrogens with one attached hydrogen (secondary N) is 2. The van der Waals surface area contributed by atoms with Crippen molar-refractivity contribution in [1.82, 2.24) is 15.5 Å². The Labute approximate surface area is 115 Å². The molecule has 0 aromatic carbocycles. The van der Waals surface area contributed by atoms with Crippen molar-refractivity contribution >= 4 is 11.8 Å². The highest BCUT2D eigenvalue weighted by Gasteiger charge is 2.25. The van der Waals surface area contributed by atoms with E-state index < -0.39 is 0 Å². The second kappa shape index (κ2) is 6.89. The van der Waals surface area contributed by atoms with Crippen LogP contribution in [0.1, 0.15) is 32.6 Å². The maximum atomic E-state index is 12.2. The van der Waals surface area contributed by atoms with Crippen LogP contribution in [0.15, 0.2) is 0 Å². The van der Waals surface area contributed by atoms with E-state index in [1.807, 2.05) is 4.90 Å². The first kappa shape index (κ1) is 14.3. The van der Waals surface area contributed by atoms with Crippen LogP contribution in [0.25, 0.3) is 0 Å². The van der Waals surface area contributed by atoms with E-state index in [1.165, 1.54) is 0 Å². The number of carbonyl (C=O) groups excluding carboxylic acids is 2. The lowest BCUT2D eigenvalue weighted by atomic mass is 9.95. The Kier molecular flexibility index (Phi) is 5.19. The van der Waals surface area contributed by atoms with Crippen LogP contribution in [0, 0.1) is 11.8 Å². The van der Waals surface area contributed by atoms with Crippen molar-refractivity contribution in [2.24, 2.45) is 11.8 Å². The van der Waals surface area contributed by atoms with Gasteiger partial charge >= 0.3 is 0 Å². The average molecular weight is 267 g/mol. The largest absolute Gasteiger partial charge is 0.356 e. The minimum absolute atomic E-state index is 0.0345. The van der Waals surface area contributed by atoms with E-state index in [1.54, 1.807) is 6.92 Å². The summed E-state index contributed by atoms with van der Waals surface area (Å²) in [7, 11) is 0. The summed E-state index contributed by atoms with van der Waals surface area (Å²) in [5, 5.41) is 6.17. The molecule has 0 radical (unpaired) electrons. The van der Waals surface area contributed by atoms with Crippen LogP contribution in [0.3, 0.4) is 0 Å². The zero-order valence-corrected chi connectivity index (χ0v) is 11.8. The summed E-state index contributed by atoms with van der Waals surface area (Å²) >= 11 is 0. The summed E-state index contributed by atoms with van der Waals surface area (Å²) in [6.45, 7) is 6.05. The highest BCUT2D eigenvalue weighted by Crippen LogP contribution is 2.20. The van der Waals surface area contributed by atoms with Crippen molar-refractivity contribution in [3.05, 3.63) is 0 Å². The first-order valence-corrected chi connectivity index (χ1v) is 7.38. The summed E-state index contributed by atoms with van der Waals surface area (Å²) in [5.74, 6) is 1.41. The fourth-order valence-corrected chi connectivity index (χ4v) is 2.94. The normalized spacial score (nSPS) is 24.5. The predicted octanol–water partition coefficient (Wildman–Crippen LogP) is 0.361. The zero-order chi connectivity index (χ0) is 13.7. The molecule has 0 aromatic rings. The third kappa shape index (κ3) is 4.49. The van der Waals surface area contributed by atoms with Gasteiger partial charge in [-0.25, -0.2) is 0 Å². The first-order valence-electron chi connectivity index (χ1n) is 7.38. The summed E-state index contributed by atoms with van der Waals surface area (Å²) < 4.78 is 0. The van der Waals surface area contributed by atoms with Crippen molar-refractivity contribution in [3.8, 4) is 0 Å². The van der Waals surface area contributed by atoms with Crippen molar-refractivity contribution in [1.29, 1.82) is 0 Å². The molecule has 1 unspecified atom stereocenters. The molecule has 2 N–H and O–H groups in total. The molecule has 2 saturated heterocycles. The van der Waals surface area contributed by atoms with Crippen LogP contribution in [-0.4, -0.2) is 49.4 Å². The molecular weight excluding hydrogens is 242 g/mol. The molecule has 2 fully saturated rings. The molecule has 0 aliphatic carbocycles. The minimum atomic E-state index is 0.0345. The quantitative estimate of drug-likeness (QED) is 0.773. The Bertz CT molecular complexity index is 319. The lowest BCUT2D eigenvalue weighted by Crippen LogP contribution is -2.41. The molecule has 108 valence electrons. The Morgan fingerprint density at radius 1 is 1.21 bits per heavy atom. The summed E-state index contributed by atoms with van der Waals surface area (Å²) in [6.07, 6.45) is 3.85. The molecule has 0 bridgehead atoms. The van der Waals surface area contributed by atoms with Crippen LogP contribution in [0.2, 0.25) is 0 Å². The van der Waals surface area contributed by atoms with Gasteiger partial charge in [0.1, 0.15) is 0 Å². The summed E-state index contributed by atoms with van der Waals surface area (Å²) in [4.78, 5) is 25.0. The van der Waals surface area contributed by atoms with Gasteiger partial charge in [0.15, 0.2) is 0 Å². The standard InChI is InChI=1S/C14H25N3O2/c1-11(18)16-10-12-3-6-17(7-4-12)14(19)8-13-2-5-15-9-13/h12-13,15H,2-10H2,1H3,(H,16,18). The van der Waals surface area contributed by atoms with E-state index in [0.29, 0.717) is 24.2 Å². The topological polar surface area (TPSA) is 61.4 Å². The van der Waals surface area contributed by atoms with Crippen molar-refractivity contribution in [2.45, 2.75) is 32.6 Å². The number of hydrogen-bond acceptors (Lipinski definition) is 3. The average Bonchev–Trinajstić information content (AvgIpc) is 2.89. The van der Waals surface area contributed by atoms with Gasteiger partial charge in [-0.2, -0.15) is 0 Å². The number of likely N-dealkylation sites (tertiary alicyclic amines) is 1. The molecule has 0 saturated carbocycles. The van der Waals surface area contributed by atoms with E-state index in [-0.39, 0.29) is 5.91 Å². The Balaban J connectivity index is 1.67. The van der Waals surface area contributed by atoms with Crippen molar-refractivity contribution < 1.29 is 9.59 Å². The van der Waals surface area contributed by atoms with Gasteiger partial charge in [-0.1, -0.05) is 0 Å². The molecule has 5 nitrogen and oxygen atoms in total. The van der Waals surface area contributed by atoms with Gasteiger partial charge in [-0.3, -0.25) is 9.59 Å². The fraction of sp³-hybridized carbons (Fsp3) is 0.857. The molecular formula is C14H25N3O2. The van der Waals surface area contributed by atoms with Gasteiger partial charge in [-0.05, 0) is 44.2 Å². The SMILES string of the molecule is CC(=O)NCC1CCN(C(=O)CC2CCNC2)CC1. The van der Waals surface area contributed by atoms with Crippen LogP contribution in [0.5, 0.6) is 0 Å². The number of hydrogen-bond donors (Lipinski definition) is 2. The van der Waals surface area contributed by atoms with E-state index in [0.717, 1.165) is 52.0 Å². The zero-order valence-electron chi connectivity index (χ0n) is 11.8. The Morgan fingerprint density at radius 2 is 1.95 bits per heavy atom. The summed E-state index contributed by atoms with van der Waals surface area (Å²) in [5.41, 5.74) is 0. The number of amides is 2. The van der Waals surface area contributed by atoms with E-state index >= 15 is 0 Å². The molecule has 2 aliphatic heterocycles. The third-order valence-electron chi connectivity index (χ3n) is 4.23. The van der Waals surface area contributed by atoms with Crippen molar-refractivity contribution in [2.75, 3.05) is 32.7 Å². The number of nitrogens with zero attached hydrogens (tertiary/aromatic N) is 1. The van der Waals surface area contributed by atoms with Crippen LogP contribution < -0.4 is 10.6 Å². The fourth-order valence-electron chi connectivity index (χ4n) is 2.94. The molecule has 2 rings (SSSR count). The van der Waals surface area contributed by atoms with Crippen LogP contribution >= 0.6 is 0 Å². The van der Waals surface area contributed by atoms with E-state index in [4.69, 9.17) is 0 Å². The Morgan fingerprint density at radius 3 is 2.53 bits per heavy atom. The van der Waals surface area contributed by atoms with Gasteiger partial charge in [-0.15, -0.1) is 0 Å². The molecule has 1 atom stereocenters. The second-order valence-corrected chi connectivity index (χ2v) is 5.82. The molecule has 0 spiro atoms. The van der Waals surface area contributed by atoms with Gasteiger partial charge < -0.3 is 15.5 Å². The molecule has 2 heterocycles. The highest BCUT2D eigenvalue weighted by atomic mass is 16.2. The number of carbonyl (C=O) groups is 2. The van der Waals surface area contributed by atoms with E-state index in [2.05, 4.69) is 10.6 Å². The first-order chi connectivity index (χ1) is 9.15. The van der Waals surface area contributed by atoms with Gasteiger partial charge in [0.25, 0.3) is 0 Å². The smallest absolute Gasteiger partial charge is 0.222 e. The molecule has 2 aliphatic rings. The maximum Gasteiger partial charge on any atom is 0.222 e. The number of piperidine rings is 1. The lowest BCUT2D eigenvalue weighted by Gasteiger charge is -2.32. The molecule has 2 amide bonds. The lowest BCUT2D eigenvalue weighted by molar-refractivity contribution is -0.133.